The Morgan fingerprint density at radius 1 is 1.15 bits per heavy atom. The molecule has 7 nitrogen and oxygen atoms in total. The number of likely N-dealkylation sites (tertiary alicyclic amines) is 1. The number of hydrogen-bond acceptors (Lipinski definition) is 4. The third-order valence-electron chi connectivity index (χ3n) is 5.36. The number of carbonyl (C=O) groups excluding carboxylic acids is 3. The molecular formula is C20H28N4O3. The lowest BCUT2D eigenvalue weighted by Gasteiger charge is -2.38. The van der Waals surface area contributed by atoms with Crippen LogP contribution in [0, 0.1) is 12.8 Å². The molecule has 1 aromatic carbocycles. The summed E-state index contributed by atoms with van der Waals surface area (Å²) in [5.74, 6) is -0.523. The molecule has 2 N–H and O–H groups in total. The molecule has 1 aromatic rings. The first-order chi connectivity index (χ1) is 12.9. The zero-order valence-corrected chi connectivity index (χ0v) is 15.9. The standard InChI is InChI=1S/C20H28N4O3/c1-15-4-6-16(7-5-15)11-23-9-10-24(14-19(23)26)20(27)17-3-2-8-22(12-17)13-18(21)25/h4-7,17H,2-3,8-14H2,1H3,(H2,21,25)/t17-/m1/s1. The van der Waals surface area contributed by atoms with Crippen LogP contribution in [-0.2, 0) is 20.9 Å². The molecule has 0 spiro atoms. The van der Waals surface area contributed by atoms with Gasteiger partial charge in [-0.2, -0.15) is 0 Å². The van der Waals surface area contributed by atoms with Crippen LogP contribution in [0.15, 0.2) is 24.3 Å². The molecule has 1 atom stereocenters. The number of rotatable bonds is 5. The summed E-state index contributed by atoms with van der Waals surface area (Å²) in [4.78, 5) is 41.9. The summed E-state index contributed by atoms with van der Waals surface area (Å²) in [6, 6.07) is 8.16. The van der Waals surface area contributed by atoms with Crippen molar-refractivity contribution in [2.24, 2.45) is 11.7 Å². The molecule has 0 unspecified atom stereocenters. The zero-order chi connectivity index (χ0) is 19.4. The van der Waals surface area contributed by atoms with Crippen molar-refractivity contribution in [3.63, 3.8) is 0 Å². The maximum absolute atomic E-state index is 12.8. The lowest BCUT2D eigenvalue weighted by molar-refractivity contribution is -0.149. The minimum Gasteiger partial charge on any atom is -0.369 e. The normalized spacial score (nSPS) is 21.4. The van der Waals surface area contributed by atoms with Crippen molar-refractivity contribution in [3.8, 4) is 0 Å². The lowest BCUT2D eigenvalue weighted by Crippen LogP contribution is -2.55. The molecule has 2 heterocycles. The van der Waals surface area contributed by atoms with Gasteiger partial charge in [0.1, 0.15) is 0 Å². The van der Waals surface area contributed by atoms with Gasteiger partial charge in [0.05, 0.1) is 19.0 Å². The first kappa shape index (κ1) is 19.4. The highest BCUT2D eigenvalue weighted by Crippen LogP contribution is 2.20. The summed E-state index contributed by atoms with van der Waals surface area (Å²) in [6.07, 6.45) is 1.66. The van der Waals surface area contributed by atoms with Crippen molar-refractivity contribution in [3.05, 3.63) is 35.4 Å². The molecule has 2 saturated heterocycles. The van der Waals surface area contributed by atoms with Gasteiger partial charge in [-0.3, -0.25) is 19.3 Å². The quantitative estimate of drug-likeness (QED) is 0.809. The average Bonchev–Trinajstić information content (AvgIpc) is 2.64. The molecule has 2 fully saturated rings. The van der Waals surface area contributed by atoms with Gasteiger partial charge in [-0.25, -0.2) is 0 Å². The second-order valence-electron chi connectivity index (χ2n) is 7.60. The first-order valence-corrected chi connectivity index (χ1v) is 9.55. The molecule has 146 valence electrons. The maximum Gasteiger partial charge on any atom is 0.242 e. The van der Waals surface area contributed by atoms with Gasteiger partial charge in [-0.05, 0) is 31.9 Å². The SMILES string of the molecule is Cc1ccc(CN2CCN(C(=O)[C@@H]3CCCN(CC(N)=O)C3)CC2=O)cc1. The molecule has 3 amide bonds. The van der Waals surface area contributed by atoms with Crippen molar-refractivity contribution in [2.75, 3.05) is 39.3 Å². The molecule has 0 radical (unpaired) electrons. The Kier molecular flexibility index (Phi) is 6.11. The average molecular weight is 372 g/mol. The van der Waals surface area contributed by atoms with Crippen molar-refractivity contribution in [1.82, 2.24) is 14.7 Å². The Balaban J connectivity index is 1.53. The minimum absolute atomic E-state index is 0.0139. The first-order valence-electron chi connectivity index (χ1n) is 9.55. The van der Waals surface area contributed by atoms with Gasteiger partial charge >= 0.3 is 0 Å². The summed E-state index contributed by atoms with van der Waals surface area (Å²) in [7, 11) is 0. The summed E-state index contributed by atoms with van der Waals surface area (Å²) in [6.45, 7) is 5.38. The van der Waals surface area contributed by atoms with Crippen LogP contribution in [0.25, 0.3) is 0 Å². The molecule has 7 heteroatoms. The minimum atomic E-state index is -0.372. The second kappa shape index (κ2) is 8.52. The fourth-order valence-corrected chi connectivity index (χ4v) is 3.86. The van der Waals surface area contributed by atoms with Gasteiger partial charge in [-0.1, -0.05) is 29.8 Å². The number of aryl methyl sites for hydroxylation is 1. The van der Waals surface area contributed by atoms with Crippen molar-refractivity contribution >= 4 is 17.7 Å². The van der Waals surface area contributed by atoms with Crippen LogP contribution in [0.4, 0.5) is 0 Å². The Morgan fingerprint density at radius 3 is 2.56 bits per heavy atom. The fourth-order valence-electron chi connectivity index (χ4n) is 3.86. The van der Waals surface area contributed by atoms with E-state index in [9.17, 15) is 14.4 Å². The number of piperidine rings is 1. The highest BCUT2D eigenvalue weighted by molar-refractivity contribution is 5.87. The van der Waals surface area contributed by atoms with Crippen LogP contribution in [0.5, 0.6) is 0 Å². The Morgan fingerprint density at radius 2 is 1.89 bits per heavy atom. The highest BCUT2D eigenvalue weighted by atomic mass is 16.2. The van der Waals surface area contributed by atoms with Crippen molar-refractivity contribution < 1.29 is 14.4 Å². The predicted molar refractivity (Wildman–Crippen MR) is 102 cm³/mol. The molecule has 2 aliphatic rings. The zero-order valence-electron chi connectivity index (χ0n) is 15.9. The number of hydrogen-bond donors (Lipinski definition) is 1. The van der Waals surface area contributed by atoms with E-state index in [0.717, 1.165) is 24.9 Å². The molecule has 2 aliphatic heterocycles. The van der Waals surface area contributed by atoms with Gasteiger partial charge in [0.15, 0.2) is 0 Å². The van der Waals surface area contributed by atoms with E-state index in [1.165, 1.54) is 5.56 Å². The van der Waals surface area contributed by atoms with Crippen molar-refractivity contribution in [2.45, 2.75) is 26.3 Å². The topological polar surface area (TPSA) is 86.9 Å². The van der Waals surface area contributed by atoms with E-state index in [0.29, 0.717) is 26.2 Å². The van der Waals surface area contributed by atoms with E-state index in [2.05, 4.69) is 0 Å². The number of nitrogens with zero attached hydrogens (tertiary/aromatic N) is 3. The largest absolute Gasteiger partial charge is 0.369 e. The van der Waals surface area contributed by atoms with Crippen LogP contribution in [0.3, 0.4) is 0 Å². The molecule has 3 rings (SSSR count). The lowest BCUT2D eigenvalue weighted by atomic mass is 9.96. The summed E-state index contributed by atoms with van der Waals surface area (Å²) in [5.41, 5.74) is 7.56. The molecular weight excluding hydrogens is 344 g/mol. The number of piperazine rings is 1. The number of benzene rings is 1. The summed E-state index contributed by atoms with van der Waals surface area (Å²) in [5, 5.41) is 0. The van der Waals surface area contributed by atoms with Gasteiger partial charge < -0.3 is 15.5 Å². The number of primary amides is 1. The van der Waals surface area contributed by atoms with Crippen LogP contribution < -0.4 is 5.73 Å². The van der Waals surface area contributed by atoms with Crippen LogP contribution >= 0.6 is 0 Å². The predicted octanol–water partition coefficient (Wildman–Crippen LogP) is 0.363. The molecule has 27 heavy (non-hydrogen) atoms. The smallest absolute Gasteiger partial charge is 0.242 e. The second-order valence-corrected chi connectivity index (χ2v) is 7.60. The highest BCUT2D eigenvalue weighted by Gasteiger charge is 2.33. The van der Waals surface area contributed by atoms with Gasteiger partial charge in [0.2, 0.25) is 17.7 Å². The Bertz CT molecular complexity index is 704. The van der Waals surface area contributed by atoms with Gasteiger partial charge in [0.25, 0.3) is 0 Å². The van der Waals surface area contributed by atoms with E-state index >= 15 is 0 Å². The Labute approximate surface area is 160 Å². The van der Waals surface area contributed by atoms with Gasteiger partial charge in [-0.15, -0.1) is 0 Å². The van der Waals surface area contributed by atoms with E-state index in [4.69, 9.17) is 5.73 Å². The monoisotopic (exact) mass is 372 g/mol. The number of amides is 3. The van der Waals surface area contributed by atoms with E-state index < -0.39 is 0 Å². The van der Waals surface area contributed by atoms with E-state index in [1.807, 2.05) is 41.0 Å². The van der Waals surface area contributed by atoms with Crippen LogP contribution in [-0.4, -0.2) is 71.7 Å². The maximum atomic E-state index is 12.8. The number of nitrogens with two attached hydrogens (primary N) is 1. The van der Waals surface area contributed by atoms with Crippen LogP contribution in [0.2, 0.25) is 0 Å². The van der Waals surface area contributed by atoms with Crippen molar-refractivity contribution in [1.29, 1.82) is 0 Å². The van der Waals surface area contributed by atoms with Gasteiger partial charge in [0, 0.05) is 26.2 Å². The van der Waals surface area contributed by atoms with Crippen LogP contribution in [0.1, 0.15) is 24.0 Å². The van der Waals surface area contributed by atoms with E-state index in [1.54, 1.807) is 4.90 Å². The third kappa shape index (κ3) is 5.07. The molecule has 0 aliphatic carbocycles. The molecule has 0 aromatic heterocycles. The third-order valence-corrected chi connectivity index (χ3v) is 5.36. The molecule has 0 bridgehead atoms. The number of carbonyl (C=O) groups is 3. The fraction of sp³-hybridized carbons (Fsp3) is 0.550. The summed E-state index contributed by atoms with van der Waals surface area (Å²) < 4.78 is 0. The molecule has 0 saturated carbocycles. The Hall–Kier alpha value is -2.41. The summed E-state index contributed by atoms with van der Waals surface area (Å²) >= 11 is 0. The van der Waals surface area contributed by atoms with E-state index in [-0.39, 0.29) is 36.7 Å².